The molecule has 0 aromatic heterocycles. The molecule has 1 heterocycles. The zero-order valence-electron chi connectivity index (χ0n) is 14.1. The minimum absolute atomic E-state index is 0.0430. The summed E-state index contributed by atoms with van der Waals surface area (Å²) in [6.07, 6.45) is 5.31. The van der Waals surface area contributed by atoms with Crippen LogP contribution in [0, 0.1) is 23.7 Å². The molecule has 1 aliphatic heterocycles. The number of carboxylic acid groups (broad SMARTS) is 1. The Morgan fingerprint density at radius 3 is 2.62 bits per heavy atom. The van der Waals surface area contributed by atoms with Gasteiger partial charge in [-0.1, -0.05) is 5.92 Å². The van der Waals surface area contributed by atoms with Crippen molar-refractivity contribution in [2.45, 2.75) is 25.3 Å². The first-order valence-corrected chi connectivity index (χ1v) is 8.05. The van der Waals surface area contributed by atoms with Gasteiger partial charge in [-0.25, -0.2) is 0 Å². The predicted octanol–water partition coefficient (Wildman–Crippen LogP) is 0.306. The number of terminal acetylenes is 1. The number of nitrogen functional groups attached to an aromatic ring is 1. The number of amidine groups is 1. The fourth-order valence-electron chi connectivity index (χ4n) is 2.81. The normalized spacial score (nSPS) is 17.4. The van der Waals surface area contributed by atoms with Crippen LogP contribution in [-0.4, -0.2) is 41.3 Å². The summed E-state index contributed by atoms with van der Waals surface area (Å²) in [7, 11) is 0. The van der Waals surface area contributed by atoms with Crippen LogP contribution in [0.2, 0.25) is 0 Å². The number of nitrogens with one attached hydrogen (secondary N) is 2. The van der Waals surface area contributed by atoms with Crippen LogP contribution in [0.25, 0.3) is 0 Å². The van der Waals surface area contributed by atoms with E-state index >= 15 is 0 Å². The molecule has 0 saturated carbocycles. The van der Waals surface area contributed by atoms with E-state index in [9.17, 15) is 14.4 Å². The number of carbonyl (C=O) groups is 3. The van der Waals surface area contributed by atoms with Crippen LogP contribution < -0.4 is 16.0 Å². The van der Waals surface area contributed by atoms with Crippen LogP contribution in [0.1, 0.15) is 24.8 Å². The minimum atomic E-state index is -1.11. The smallest absolute Gasteiger partial charge is 0.306 e. The van der Waals surface area contributed by atoms with Crippen molar-refractivity contribution in [1.82, 2.24) is 5.32 Å². The molecule has 1 fully saturated rings. The highest BCUT2D eigenvalue weighted by Crippen LogP contribution is 2.27. The van der Waals surface area contributed by atoms with Crippen LogP contribution in [0.15, 0.2) is 24.3 Å². The van der Waals surface area contributed by atoms with E-state index in [4.69, 9.17) is 22.7 Å². The summed E-state index contributed by atoms with van der Waals surface area (Å²) in [5, 5.41) is 18.6. The molecule has 0 spiro atoms. The number of rotatable bonds is 7. The summed E-state index contributed by atoms with van der Waals surface area (Å²) in [6, 6.07) is 5.84. The first kappa shape index (κ1) is 19.0. The van der Waals surface area contributed by atoms with Gasteiger partial charge in [0, 0.05) is 30.1 Å². The second kappa shape index (κ2) is 8.16. The molecule has 2 rings (SSSR count). The van der Waals surface area contributed by atoms with Gasteiger partial charge in [0.1, 0.15) is 11.9 Å². The molecule has 0 aliphatic carbocycles. The lowest BCUT2D eigenvalue weighted by molar-refractivity contribution is -0.137. The van der Waals surface area contributed by atoms with E-state index in [1.165, 1.54) is 0 Å². The molecule has 5 N–H and O–H groups in total. The summed E-state index contributed by atoms with van der Waals surface area (Å²) < 4.78 is 0. The predicted molar refractivity (Wildman–Crippen MR) is 95.6 cm³/mol. The lowest BCUT2D eigenvalue weighted by atomic mass is 10.0. The molecule has 1 saturated heterocycles. The van der Waals surface area contributed by atoms with Crippen LogP contribution in [0.3, 0.4) is 0 Å². The molecule has 2 unspecified atom stereocenters. The number of hydrogen-bond donors (Lipinski definition) is 4. The standard InChI is InChI=1S/C18H20N4O4/c1-2-13(10-16(24)25)21-15(23)9-12-7-8-22(18(12)26)14-5-3-11(4-6-14)17(19)20/h1,3-6,12-13H,7-10H2,(H3,19,20)(H,21,23)(H,24,25). The largest absolute Gasteiger partial charge is 0.481 e. The Hall–Kier alpha value is -3.34. The maximum Gasteiger partial charge on any atom is 0.306 e. The highest BCUT2D eigenvalue weighted by molar-refractivity contribution is 6.00. The molecule has 1 aromatic rings. The molecule has 26 heavy (non-hydrogen) atoms. The number of amides is 2. The van der Waals surface area contributed by atoms with Crippen LogP contribution in [0.5, 0.6) is 0 Å². The van der Waals surface area contributed by atoms with Crippen molar-refractivity contribution in [2.75, 3.05) is 11.4 Å². The first-order chi connectivity index (χ1) is 12.3. The summed E-state index contributed by atoms with van der Waals surface area (Å²) in [4.78, 5) is 36.9. The third kappa shape index (κ3) is 4.60. The number of carboxylic acids is 1. The number of nitrogens with zero attached hydrogens (tertiary/aromatic N) is 1. The highest BCUT2D eigenvalue weighted by Gasteiger charge is 2.34. The van der Waals surface area contributed by atoms with Crippen molar-refractivity contribution >= 4 is 29.3 Å². The molecule has 136 valence electrons. The van der Waals surface area contributed by atoms with E-state index < -0.39 is 23.8 Å². The van der Waals surface area contributed by atoms with Gasteiger partial charge >= 0.3 is 5.97 Å². The van der Waals surface area contributed by atoms with E-state index in [-0.39, 0.29) is 24.6 Å². The van der Waals surface area contributed by atoms with Gasteiger partial charge in [-0.05, 0) is 30.7 Å². The summed E-state index contributed by atoms with van der Waals surface area (Å²) in [5.74, 6) is -0.0437. The van der Waals surface area contributed by atoms with Gasteiger partial charge in [0.15, 0.2) is 0 Å². The van der Waals surface area contributed by atoms with Crippen molar-refractivity contribution in [1.29, 1.82) is 5.41 Å². The number of aliphatic carboxylic acids is 1. The van der Waals surface area contributed by atoms with Crippen molar-refractivity contribution in [3.63, 3.8) is 0 Å². The topological polar surface area (TPSA) is 137 Å². The third-order valence-corrected chi connectivity index (χ3v) is 4.15. The molecular formula is C18H20N4O4. The maximum absolute atomic E-state index is 12.5. The number of carbonyl (C=O) groups excluding carboxylic acids is 2. The number of nitrogens with two attached hydrogens (primary N) is 1. The Balaban J connectivity index is 1.96. The molecule has 0 radical (unpaired) electrons. The Kier molecular flexibility index (Phi) is 5.96. The van der Waals surface area contributed by atoms with Gasteiger partial charge < -0.3 is 21.1 Å². The minimum Gasteiger partial charge on any atom is -0.481 e. The molecule has 8 nitrogen and oxygen atoms in total. The van der Waals surface area contributed by atoms with Gasteiger partial charge in [-0.2, -0.15) is 0 Å². The van der Waals surface area contributed by atoms with Crippen LogP contribution in [-0.2, 0) is 14.4 Å². The molecule has 1 aliphatic rings. The van der Waals surface area contributed by atoms with Gasteiger partial charge in [0.25, 0.3) is 0 Å². The van der Waals surface area contributed by atoms with Crippen molar-refractivity contribution in [3.05, 3.63) is 29.8 Å². The van der Waals surface area contributed by atoms with Gasteiger partial charge in [0.05, 0.1) is 6.42 Å². The van der Waals surface area contributed by atoms with Gasteiger partial charge in [-0.15, -0.1) is 6.42 Å². The first-order valence-electron chi connectivity index (χ1n) is 8.05. The molecule has 2 amide bonds. The maximum atomic E-state index is 12.5. The monoisotopic (exact) mass is 356 g/mol. The molecular weight excluding hydrogens is 336 g/mol. The summed E-state index contributed by atoms with van der Waals surface area (Å²) in [6.45, 7) is 0.476. The van der Waals surface area contributed by atoms with E-state index in [1.54, 1.807) is 29.2 Å². The average Bonchev–Trinajstić information content (AvgIpc) is 2.94. The Morgan fingerprint density at radius 1 is 1.42 bits per heavy atom. The molecule has 8 heteroatoms. The van der Waals surface area contributed by atoms with Crippen LogP contribution >= 0.6 is 0 Å². The van der Waals surface area contributed by atoms with Crippen molar-refractivity contribution in [2.24, 2.45) is 11.7 Å². The van der Waals surface area contributed by atoms with E-state index in [2.05, 4.69) is 11.2 Å². The zero-order chi connectivity index (χ0) is 19.3. The third-order valence-electron chi connectivity index (χ3n) is 4.15. The number of hydrogen-bond acceptors (Lipinski definition) is 4. The summed E-state index contributed by atoms with van der Waals surface area (Å²) >= 11 is 0. The average molecular weight is 356 g/mol. The molecule has 0 bridgehead atoms. The second-order valence-corrected chi connectivity index (χ2v) is 6.02. The molecule has 2 atom stereocenters. The van der Waals surface area contributed by atoms with E-state index in [0.717, 1.165) is 0 Å². The van der Waals surface area contributed by atoms with Crippen molar-refractivity contribution < 1.29 is 19.5 Å². The lowest BCUT2D eigenvalue weighted by Gasteiger charge is -2.17. The zero-order valence-corrected chi connectivity index (χ0v) is 14.1. The van der Waals surface area contributed by atoms with E-state index in [1.807, 2.05) is 0 Å². The molecule has 1 aromatic carbocycles. The fourth-order valence-corrected chi connectivity index (χ4v) is 2.81. The fraction of sp³-hybridized carbons (Fsp3) is 0.333. The second-order valence-electron chi connectivity index (χ2n) is 6.02. The SMILES string of the molecule is C#CC(CC(=O)O)NC(=O)CC1CCN(c2ccc(C(=N)N)cc2)C1=O. The van der Waals surface area contributed by atoms with Gasteiger partial charge in [-0.3, -0.25) is 19.8 Å². The van der Waals surface area contributed by atoms with Crippen LogP contribution in [0.4, 0.5) is 5.69 Å². The number of anilines is 1. The summed E-state index contributed by atoms with van der Waals surface area (Å²) in [5.41, 5.74) is 6.65. The number of benzene rings is 1. The van der Waals surface area contributed by atoms with E-state index in [0.29, 0.717) is 24.2 Å². The lowest BCUT2D eigenvalue weighted by Crippen LogP contribution is -2.37. The Morgan fingerprint density at radius 2 is 2.08 bits per heavy atom. The highest BCUT2D eigenvalue weighted by atomic mass is 16.4. The quantitative estimate of drug-likeness (QED) is 0.316. The van der Waals surface area contributed by atoms with Gasteiger partial charge in [0.2, 0.25) is 11.8 Å². The Labute approximate surface area is 150 Å². The Bertz CT molecular complexity index is 766. The van der Waals surface area contributed by atoms with Crippen molar-refractivity contribution in [3.8, 4) is 12.3 Å².